The van der Waals surface area contributed by atoms with Crippen LogP contribution in [0, 0.1) is 0 Å². The number of sulfonamides is 1. The van der Waals surface area contributed by atoms with Crippen molar-refractivity contribution in [1.82, 2.24) is 0 Å². The third kappa shape index (κ3) is 3.66. The lowest BCUT2D eigenvalue weighted by Crippen LogP contribution is -2.19. The Morgan fingerprint density at radius 2 is 1.64 bits per heavy atom. The molecule has 0 amide bonds. The molecule has 118 valence electrons. The van der Waals surface area contributed by atoms with Crippen LogP contribution < -0.4 is 4.72 Å². The van der Waals surface area contributed by atoms with Crippen molar-refractivity contribution in [2.45, 2.75) is 11.1 Å². The molecule has 2 aromatic carbocycles. The summed E-state index contributed by atoms with van der Waals surface area (Å²) in [7, 11) is -4.46. The molecule has 22 heavy (non-hydrogen) atoms. The number of benzene rings is 2. The Morgan fingerprint density at radius 1 is 1.00 bits per heavy atom. The Kier molecular flexibility index (Phi) is 4.60. The quantitative estimate of drug-likeness (QED) is 0.843. The normalized spacial score (nSPS) is 12.2. The third-order valence-corrected chi connectivity index (χ3v) is 4.63. The minimum absolute atomic E-state index is 0.0273. The summed E-state index contributed by atoms with van der Waals surface area (Å²) >= 11 is 11.5. The molecule has 3 nitrogen and oxygen atoms in total. The molecule has 0 saturated heterocycles. The first-order valence-electron chi connectivity index (χ1n) is 5.75. The molecule has 0 aromatic heterocycles. The fourth-order valence-corrected chi connectivity index (χ4v) is 3.53. The van der Waals surface area contributed by atoms with Gasteiger partial charge in [0, 0.05) is 5.02 Å². The van der Waals surface area contributed by atoms with Crippen molar-refractivity contribution in [3.8, 4) is 0 Å². The highest BCUT2D eigenvalue weighted by atomic mass is 35.5. The van der Waals surface area contributed by atoms with Gasteiger partial charge in [-0.05, 0) is 30.3 Å². The first kappa shape index (κ1) is 16.9. The van der Waals surface area contributed by atoms with Gasteiger partial charge in [-0.3, -0.25) is 4.72 Å². The zero-order valence-electron chi connectivity index (χ0n) is 10.7. The van der Waals surface area contributed by atoms with Gasteiger partial charge in [0.1, 0.15) is 0 Å². The molecule has 1 N–H and O–H groups in total. The van der Waals surface area contributed by atoms with Crippen LogP contribution in [0.4, 0.5) is 18.9 Å². The number of hydrogen-bond donors (Lipinski definition) is 1. The molecular weight excluding hydrogens is 362 g/mol. The van der Waals surface area contributed by atoms with Crippen LogP contribution >= 0.6 is 23.2 Å². The van der Waals surface area contributed by atoms with Crippen molar-refractivity contribution in [3.05, 3.63) is 58.1 Å². The van der Waals surface area contributed by atoms with Crippen molar-refractivity contribution in [1.29, 1.82) is 0 Å². The highest BCUT2D eigenvalue weighted by Gasteiger charge is 2.37. The maximum absolute atomic E-state index is 12.9. The lowest BCUT2D eigenvalue weighted by Gasteiger charge is -2.15. The van der Waals surface area contributed by atoms with Crippen LogP contribution in [0.1, 0.15) is 5.56 Å². The molecule has 0 atom stereocenters. The van der Waals surface area contributed by atoms with Crippen molar-refractivity contribution in [2.24, 2.45) is 0 Å². The first-order chi connectivity index (χ1) is 10.1. The van der Waals surface area contributed by atoms with Crippen LogP contribution in [-0.4, -0.2) is 8.42 Å². The van der Waals surface area contributed by atoms with Crippen LogP contribution in [-0.2, 0) is 16.2 Å². The molecule has 0 aliphatic rings. The van der Waals surface area contributed by atoms with Gasteiger partial charge in [0.15, 0.2) is 0 Å². The van der Waals surface area contributed by atoms with E-state index in [4.69, 9.17) is 23.2 Å². The lowest BCUT2D eigenvalue weighted by atomic mass is 10.2. The first-order valence-corrected chi connectivity index (χ1v) is 7.99. The van der Waals surface area contributed by atoms with Gasteiger partial charge in [0.05, 0.1) is 21.2 Å². The summed E-state index contributed by atoms with van der Waals surface area (Å²) in [5.74, 6) is 0. The van der Waals surface area contributed by atoms with E-state index in [2.05, 4.69) is 0 Å². The summed E-state index contributed by atoms with van der Waals surface area (Å²) in [5, 5.41) is 0.240. The standard InChI is InChI=1S/C13H8Cl2F3NO2S/c14-8-5-6-11(10(15)7-8)19-22(20,21)12-4-2-1-3-9(12)13(16,17)18/h1-7,19H. The second-order valence-corrected chi connectivity index (χ2v) is 6.72. The second kappa shape index (κ2) is 5.98. The second-order valence-electron chi connectivity index (χ2n) is 4.22. The van der Waals surface area contributed by atoms with E-state index >= 15 is 0 Å². The Bertz CT molecular complexity index is 807. The molecule has 2 aromatic rings. The van der Waals surface area contributed by atoms with E-state index in [0.717, 1.165) is 12.1 Å². The maximum Gasteiger partial charge on any atom is 0.417 e. The summed E-state index contributed by atoms with van der Waals surface area (Å²) in [6.45, 7) is 0. The largest absolute Gasteiger partial charge is 0.417 e. The van der Waals surface area contributed by atoms with E-state index in [1.807, 2.05) is 4.72 Å². The predicted molar refractivity (Wildman–Crippen MR) is 78.7 cm³/mol. The SMILES string of the molecule is O=S(=O)(Nc1ccc(Cl)cc1Cl)c1ccccc1C(F)(F)F. The van der Waals surface area contributed by atoms with Gasteiger partial charge in [0.2, 0.25) is 0 Å². The number of nitrogens with one attached hydrogen (secondary N) is 1. The van der Waals surface area contributed by atoms with Gasteiger partial charge in [-0.25, -0.2) is 8.42 Å². The summed E-state index contributed by atoms with van der Waals surface area (Å²) in [4.78, 5) is -0.881. The van der Waals surface area contributed by atoms with E-state index in [0.29, 0.717) is 6.07 Å². The van der Waals surface area contributed by atoms with Crippen LogP contribution in [0.5, 0.6) is 0 Å². The van der Waals surface area contributed by atoms with Gasteiger partial charge in [-0.15, -0.1) is 0 Å². The molecule has 0 aliphatic carbocycles. The fourth-order valence-electron chi connectivity index (χ4n) is 1.71. The summed E-state index contributed by atoms with van der Waals surface area (Å²) in [6.07, 6.45) is -4.80. The van der Waals surface area contributed by atoms with Crippen LogP contribution in [0.3, 0.4) is 0 Å². The van der Waals surface area contributed by atoms with Gasteiger partial charge < -0.3 is 0 Å². The molecule has 0 unspecified atom stereocenters. The Morgan fingerprint density at radius 3 is 2.23 bits per heavy atom. The Labute approximate surface area is 134 Å². The third-order valence-electron chi connectivity index (χ3n) is 2.66. The van der Waals surface area contributed by atoms with Gasteiger partial charge >= 0.3 is 6.18 Å². The van der Waals surface area contributed by atoms with Crippen LogP contribution in [0.2, 0.25) is 10.0 Å². The monoisotopic (exact) mass is 369 g/mol. The molecule has 0 saturated carbocycles. The summed E-state index contributed by atoms with van der Waals surface area (Å²) in [6, 6.07) is 7.77. The van der Waals surface area contributed by atoms with E-state index in [9.17, 15) is 21.6 Å². The molecule has 0 aliphatic heterocycles. The highest BCUT2D eigenvalue weighted by molar-refractivity contribution is 7.92. The molecule has 0 bridgehead atoms. The zero-order chi connectivity index (χ0) is 16.5. The Balaban J connectivity index is 2.48. The molecule has 2 rings (SSSR count). The van der Waals surface area contributed by atoms with E-state index in [-0.39, 0.29) is 15.7 Å². The number of anilines is 1. The number of rotatable bonds is 3. The molecule has 0 spiro atoms. The fraction of sp³-hybridized carbons (Fsp3) is 0.0769. The van der Waals surface area contributed by atoms with Crippen molar-refractivity contribution in [3.63, 3.8) is 0 Å². The molecule has 0 fully saturated rings. The number of hydrogen-bond acceptors (Lipinski definition) is 2. The minimum atomic E-state index is -4.80. The predicted octanol–water partition coefficient (Wildman–Crippen LogP) is 4.81. The summed E-state index contributed by atoms with van der Waals surface area (Å²) in [5.41, 5.74) is -1.32. The molecule has 0 heterocycles. The molecule has 9 heteroatoms. The van der Waals surface area contributed by atoms with Crippen molar-refractivity contribution >= 4 is 38.9 Å². The zero-order valence-corrected chi connectivity index (χ0v) is 13.0. The average molecular weight is 370 g/mol. The van der Waals surface area contributed by atoms with Crippen LogP contribution in [0.25, 0.3) is 0 Å². The van der Waals surface area contributed by atoms with Gasteiger partial charge in [-0.2, -0.15) is 13.2 Å². The van der Waals surface area contributed by atoms with E-state index < -0.39 is 26.7 Å². The van der Waals surface area contributed by atoms with Gasteiger partial charge in [-0.1, -0.05) is 35.3 Å². The van der Waals surface area contributed by atoms with E-state index in [1.165, 1.54) is 24.3 Å². The maximum atomic E-state index is 12.9. The smallest absolute Gasteiger partial charge is 0.278 e. The van der Waals surface area contributed by atoms with E-state index in [1.54, 1.807) is 0 Å². The Hall–Kier alpha value is -1.44. The van der Waals surface area contributed by atoms with Crippen molar-refractivity contribution in [2.75, 3.05) is 4.72 Å². The van der Waals surface area contributed by atoms with Gasteiger partial charge in [0.25, 0.3) is 10.0 Å². The highest BCUT2D eigenvalue weighted by Crippen LogP contribution is 2.35. The number of halogens is 5. The number of alkyl halides is 3. The average Bonchev–Trinajstić information content (AvgIpc) is 2.41. The topological polar surface area (TPSA) is 46.2 Å². The molecule has 0 radical (unpaired) electrons. The lowest BCUT2D eigenvalue weighted by molar-refractivity contribution is -0.139. The summed E-state index contributed by atoms with van der Waals surface area (Å²) < 4.78 is 65.2. The van der Waals surface area contributed by atoms with Crippen molar-refractivity contribution < 1.29 is 21.6 Å². The van der Waals surface area contributed by atoms with Crippen LogP contribution in [0.15, 0.2) is 47.4 Å². The molecular formula is C13H8Cl2F3NO2S. The minimum Gasteiger partial charge on any atom is -0.278 e.